The summed E-state index contributed by atoms with van der Waals surface area (Å²) in [6.45, 7) is 0.588. The number of aromatic nitrogens is 3. The molecule has 4 rings (SSSR count). The molecule has 2 aromatic heterocycles. The van der Waals surface area contributed by atoms with E-state index in [1.54, 1.807) is 41.3 Å². The maximum atomic E-state index is 13.6. The van der Waals surface area contributed by atoms with E-state index in [1.807, 2.05) is 0 Å². The van der Waals surface area contributed by atoms with Gasteiger partial charge >= 0.3 is 0 Å². The average Bonchev–Trinajstić information content (AvgIpc) is 3.36. The van der Waals surface area contributed by atoms with Crippen LogP contribution in [0.5, 0.6) is 0 Å². The van der Waals surface area contributed by atoms with Crippen molar-refractivity contribution in [1.29, 1.82) is 0 Å². The van der Waals surface area contributed by atoms with Gasteiger partial charge < -0.3 is 0 Å². The molecule has 0 aliphatic rings. The lowest BCUT2D eigenvalue weighted by Gasteiger charge is -2.21. The Morgan fingerprint density at radius 3 is 2.73 bits per heavy atom. The van der Waals surface area contributed by atoms with E-state index < -0.39 is 21.6 Å². The van der Waals surface area contributed by atoms with E-state index in [0.29, 0.717) is 21.9 Å². The third kappa shape index (κ3) is 4.10. The standard InChI is InChI=1S/C20H17FN4O3S2/c1-30(27,28)18-6-3-2-5-15(18)19(26)25(12-11-24-10-4-9-22-24)20-23-16-8-7-14(21)13-17(16)29-20/h2-10,13H,11-12H2,1H3. The van der Waals surface area contributed by atoms with Crippen LogP contribution in [0.3, 0.4) is 0 Å². The van der Waals surface area contributed by atoms with E-state index in [0.717, 1.165) is 6.26 Å². The second-order valence-electron chi connectivity index (χ2n) is 6.60. The fourth-order valence-electron chi connectivity index (χ4n) is 3.03. The number of anilines is 1. The van der Waals surface area contributed by atoms with E-state index in [-0.39, 0.29) is 17.0 Å². The van der Waals surface area contributed by atoms with E-state index in [1.165, 1.54) is 40.5 Å². The zero-order valence-corrected chi connectivity index (χ0v) is 17.5. The number of amides is 1. The summed E-state index contributed by atoms with van der Waals surface area (Å²) in [5, 5.41) is 4.50. The van der Waals surface area contributed by atoms with Crippen LogP contribution in [0.4, 0.5) is 9.52 Å². The average molecular weight is 445 g/mol. The van der Waals surface area contributed by atoms with Crippen molar-refractivity contribution < 1.29 is 17.6 Å². The number of carbonyl (C=O) groups is 1. The first-order chi connectivity index (χ1) is 14.3. The van der Waals surface area contributed by atoms with Crippen LogP contribution in [0, 0.1) is 5.82 Å². The van der Waals surface area contributed by atoms with Crippen molar-refractivity contribution in [1.82, 2.24) is 14.8 Å². The summed E-state index contributed by atoms with van der Waals surface area (Å²) < 4.78 is 40.3. The minimum Gasteiger partial charge on any atom is -0.282 e. The Hall–Kier alpha value is -3.11. The van der Waals surface area contributed by atoms with Gasteiger partial charge in [-0.2, -0.15) is 5.10 Å². The van der Waals surface area contributed by atoms with Crippen LogP contribution >= 0.6 is 11.3 Å². The molecule has 0 N–H and O–H groups in total. The molecule has 0 fully saturated rings. The molecule has 4 aromatic rings. The van der Waals surface area contributed by atoms with Crippen LogP contribution in [0.2, 0.25) is 0 Å². The van der Waals surface area contributed by atoms with E-state index in [2.05, 4.69) is 10.1 Å². The second kappa shape index (κ2) is 7.96. The molecular weight excluding hydrogens is 427 g/mol. The van der Waals surface area contributed by atoms with Crippen molar-refractivity contribution in [2.24, 2.45) is 0 Å². The van der Waals surface area contributed by atoms with Crippen LogP contribution in [-0.2, 0) is 16.4 Å². The van der Waals surface area contributed by atoms with Crippen LogP contribution < -0.4 is 4.90 Å². The molecule has 0 atom stereocenters. The number of sulfone groups is 1. The topological polar surface area (TPSA) is 85.2 Å². The van der Waals surface area contributed by atoms with Gasteiger partial charge in [0.2, 0.25) is 0 Å². The molecule has 30 heavy (non-hydrogen) atoms. The molecule has 10 heteroatoms. The smallest absolute Gasteiger partial charge is 0.261 e. The van der Waals surface area contributed by atoms with Crippen molar-refractivity contribution in [2.45, 2.75) is 11.4 Å². The lowest BCUT2D eigenvalue weighted by atomic mass is 10.2. The molecule has 0 radical (unpaired) electrons. The number of rotatable bonds is 6. The molecule has 1 amide bonds. The van der Waals surface area contributed by atoms with Gasteiger partial charge in [-0.25, -0.2) is 17.8 Å². The largest absolute Gasteiger partial charge is 0.282 e. The highest BCUT2D eigenvalue weighted by Gasteiger charge is 2.26. The number of hydrogen-bond donors (Lipinski definition) is 0. The lowest BCUT2D eigenvalue weighted by Crippen LogP contribution is -2.34. The van der Waals surface area contributed by atoms with E-state index >= 15 is 0 Å². The van der Waals surface area contributed by atoms with Gasteiger partial charge in [-0.1, -0.05) is 23.5 Å². The Kier molecular flexibility index (Phi) is 5.35. The van der Waals surface area contributed by atoms with E-state index in [9.17, 15) is 17.6 Å². The SMILES string of the molecule is CS(=O)(=O)c1ccccc1C(=O)N(CCn1cccn1)c1nc2ccc(F)cc2s1. The van der Waals surface area contributed by atoms with Gasteiger partial charge in [0.15, 0.2) is 15.0 Å². The molecule has 0 saturated carbocycles. The summed E-state index contributed by atoms with van der Waals surface area (Å²) in [5.74, 6) is -0.891. The Balaban J connectivity index is 1.77. The van der Waals surface area contributed by atoms with Gasteiger partial charge in [0.25, 0.3) is 5.91 Å². The Morgan fingerprint density at radius 1 is 1.20 bits per heavy atom. The maximum Gasteiger partial charge on any atom is 0.261 e. The number of carbonyl (C=O) groups excluding carboxylic acids is 1. The molecule has 154 valence electrons. The van der Waals surface area contributed by atoms with Crippen LogP contribution in [-0.4, -0.2) is 41.9 Å². The predicted molar refractivity (Wildman–Crippen MR) is 113 cm³/mol. The maximum absolute atomic E-state index is 13.6. The van der Waals surface area contributed by atoms with Gasteiger partial charge in [-0.05, 0) is 36.4 Å². The first-order valence-electron chi connectivity index (χ1n) is 8.97. The number of fused-ring (bicyclic) bond motifs is 1. The molecule has 0 unspecified atom stereocenters. The predicted octanol–water partition coefficient (Wildman–Crippen LogP) is 3.38. The molecule has 0 bridgehead atoms. The van der Waals surface area contributed by atoms with Crippen molar-refractivity contribution >= 4 is 42.4 Å². The summed E-state index contributed by atoms with van der Waals surface area (Å²) in [5.41, 5.74) is 0.621. The quantitative estimate of drug-likeness (QED) is 0.455. The summed E-state index contributed by atoms with van der Waals surface area (Å²) in [6, 6.07) is 12.0. The number of hydrogen-bond acceptors (Lipinski definition) is 6. The van der Waals surface area contributed by atoms with Crippen LogP contribution in [0.1, 0.15) is 10.4 Å². The summed E-state index contributed by atoms with van der Waals surface area (Å²) >= 11 is 1.17. The first-order valence-corrected chi connectivity index (χ1v) is 11.7. The van der Waals surface area contributed by atoms with Gasteiger partial charge in [-0.3, -0.25) is 14.4 Å². The van der Waals surface area contributed by atoms with Gasteiger partial charge in [-0.15, -0.1) is 0 Å². The molecule has 0 aliphatic carbocycles. The fraction of sp³-hybridized carbons (Fsp3) is 0.150. The van der Waals surface area contributed by atoms with Crippen molar-refractivity contribution in [3.63, 3.8) is 0 Å². The summed E-state index contributed by atoms with van der Waals surface area (Å²) in [6.07, 6.45) is 4.46. The normalized spacial score (nSPS) is 11.7. The van der Waals surface area contributed by atoms with E-state index in [4.69, 9.17) is 0 Å². The highest BCUT2D eigenvalue weighted by Crippen LogP contribution is 2.31. The minimum atomic E-state index is -3.61. The monoisotopic (exact) mass is 444 g/mol. The molecule has 0 spiro atoms. The minimum absolute atomic E-state index is 0.0498. The number of thiazole rings is 1. The molecular formula is C20H17FN4O3S2. The molecule has 0 saturated heterocycles. The highest BCUT2D eigenvalue weighted by molar-refractivity contribution is 7.90. The van der Waals surface area contributed by atoms with Gasteiger partial charge in [0.05, 0.1) is 27.2 Å². The van der Waals surface area contributed by atoms with Crippen LogP contribution in [0.25, 0.3) is 10.2 Å². The van der Waals surface area contributed by atoms with Crippen molar-refractivity contribution in [2.75, 3.05) is 17.7 Å². The summed E-state index contributed by atoms with van der Waals surface area (Å²) in [4.78, 5) is 19.3. The zero-order valence-electron chi connectivity index (χ0n) is 15.9. The number of benzene rings is 2. The first kappa shape index (κ1) is 20.2. The number of halogens is 1. The van der Waals surface area contributed by atoms with Crippen molar-refractivity contribution in [3.05, 3.63) is 72.3 Å². The Labute approximate surface area is 176 Å². The Morgan fingerprint density at radius 2 is 2.00 bits per heavy atom. The van der Waals surface area contributed by atoms with Gasteiger partial charge in [0.1, 0.15) is 5.82 Å². The third-order valence-electron chi connectivity index (χ3n) is 4.44. The number of nitrogens with zero attached hydrogens (tertiary/aromatic N) is 4. The zero-order chi connectivity index (χ0) is 21.3. The summed E-state index contributed by atoms with van der Waals surface area (Å²) in [7, 11) is -3.61. The third-order valence-corrected chi connectivity index (χ3v) is 6.64. The second-order valence-corrected chi connectivity index (χ2v) is 9.60. The van der Waals surface area contributed by atoms with Crippen LogP contribution in [0.15, 0.2) is 65.8 Å². The molecule has 2 aromatic carbocycles. The molecule has 2 heterocycles. The Bertz CT molecular complexity index is 1320. The molecule has 0 aliphatic heterocycles. The fourth-order valence-corrected chi connectivity index (χ4v) is 4.93. The molecule has 7 nitrogen and oxygen atoms in total. The lowest BCUT2D eigenvalue weighted by molar-refractivity contribution is 0.0982. The van der Waals surface area contributed by atoms with Gasteiger partial charge in [0, 0.05) is 25.2 Å². The highest BCUT2D eigenvalue weighted by atomic mass is 32.2. The van der Waals surface area contributed by atoms with Crippen molar-refractivity contribution in [3.8, 4) is 0 Å².